The molecule has 204 valence electrons. The molecule has 0 bridgehead atoms. The standard InChI is InChI=1S/C31H37N5O2S/c1-35(2)23-11-15-36(16-12-23)30-17-21(9-13-33-30)27-19-25(10-14-32-27)38-24-7-8-26-29(20-24)39-31(34-26)18-22-5-3-4-6-28(22)37/h7-10,13-14,17,19-20,22-23,28,37H,3-6,11-12,15-16,18H2,1-2H3/t22-,28+/m0/s1. The summed E-state index contributed by atoms with van der Waals surface area (Å²) in [5.74, 6) is 2.86. The zero-order valence-corrected chi connectivity index (χ0v) is 23.6. The second kappa shape index (κ2) is 11.6. The van der Waals surface area contributed by atoms with Crippen LogP contribution >= 0.6 is 11.3 Å². The molecule has 0 amide bonds. The number of anilines is 1. The smallest absolute Gasteiger partial charge is 0.131 e. The molecular formula is C31H37N5O2S. The van der Waals surface area contributed by atoms with E-state index in [0.29, 0.717) is 12.0 Å². The van der Waals surface area contributed by atoms with E-state index in [1.165, 1.54) is 6.42 Å². The highest BCUT2D eigenvalue weighted by Crippen LogP contribution is 2.34. The van der Waals surface area contributed by atoms with Gasteiger partial charge in [0.15, 0.2) is 0 Å². The van der Waals surface area contributed by atoms with Gasteiger partial charge in [-0.15, -0.1) is 11.3 Å². The van der Waals surface area contributed by atoms with Gasteiger partial charge < -0.3 is 19.6 Å². The first-order valence-corrected chi connectivity index (χ1v) is 14.9. The van der Waals surface area contributed by atoms with E-state index in [4.69, 9.17) is 9.72 Å². The Hall–Kier alpha value is -3.07. The van der Waals surface area contributed by atoms with E-state index in [1.807, 2.05) is 36.5 Å². The van der Waals surface area contributed by atoms with Gasteiger partial charge in [-0.3, -0.25) is 4.98 Å². The van der Waals surface area contributed by atoms with Gasteiger partial charge in [0.25, 0.3) is 0 Å². The van der Waals surface area contributed by atoms with Crippen LogP contribution in [0, 0.1) is 5.92 Å². The highest BCUT2D eigenvalue weighted by molar-refractivity contribution is 7.18. The maximum absolute atomic E-state index is 10.4. The Labute approximate surface area is 234 Å². The predicted molar refractivity (Wildman–Crippen MR) is 158 cm³/mol. The molecule has 8 heteroatoms. The van der Waals surface area contributed by atoms with Crippen molar-refractivity contribution < 1.29 is 9.84 Å². The third kappa shape index (κ3) is 6.08. The number of thiazole rings is 1. The van der Waals surface area contributed by atoms with Crippen LogP contribution in [0.4, 0.5) is 5.82 Å². The maximum Gasteiger partial charge on any atom is 0.131 e. The molecule has 39 heavy (non-hydrogen) atoms. The quantitative estimate of drug-likeness (QED) is 0.299. The Morgan fingerprint density at radius 3 is 2.56 bits per heavy atom. The minimum atomic E-state index is -0.197. The summed E-state index contributed by atoms with van der Waals surface area (Å²) in [6.45, 7) is 2.03. The molecule has 0 spiro atoms. The third-order valence-corrected chi connectivity index (χ3v) is 9.28. The van der Waals surface area contributed by atoms with Crippen LogP contribution in [0.15, 0.2) is 54.9 Å². The van der Waals surface area contributed by atoms with Gasteiger partial charge in [0.2, 0.25) is 0 Å². The number of aliphatic hydroxyl groups excluding tert-OH is 1. The first-order valence-electron chi connectivity index (χ1n) is 14.1. The van der Waals surface area contributed by atoms with Crippen LogP contribution in [-0.2, 0) is 6.42 Å². The molecule has 3 aromatic heterocycles. The molecule has 1 saturated carbocycles. The van der Waals surface area contributed by atoms with Gasteiger partial charge in [-0.25, -0.2) is 9.97 Å². The molecule has 4 aromatic rings. The fraction of sp³-hybridized carbons (Fsp3) is 0.452. The lowest BCUT2D eigenvalue weighted by atomic mass is 9.84. The summed E-state index contributed by atoms with van der Waals surface area (Å²) >= 11 is 1.71. The topological polar surface area (TPSA) is 74.6 Å². The first kappa shape index (κ1) is 26.2. The summed E-state index contributed by atoms with van der Waals surface area (Å²) in [5.41, 5.74) is 2.89. The van der Waals surface area contributed by atoms with Crippen LogP contribution in [0.5, 0.6) is 11.5 Å². The zero-order valence-electron chi connectivity index (χ0n) is 22.8. The second-order valence-corrected chi connectivity index (χ2v) is 12.2. The molecular weight excluding hydrogens is 506 g/mol. The fourth-order valence-electron chi connectivity index (χ4n) is 5.88. The van der Waals surface area contributed by atoms with E-state index in [9.17, 15) is 5.11 Å². The maximum atomic E-state index is 10.4. The van der Waals surface area contributed by atoms with E-state index in [0.717, 1.165) is 95.4 Å². The van der Waals surface area contributed by atoms with Crippen molar-refractivity contribution in [3.05, 3.63) is 59.9 Å². The molecule has 1 aliphatic carbocycles. The number of fused-ring (bicyclic) bond motifs is 1. The average molecular weight is 544 g/mol. The Morgan fingerprint density at radius 2 is 1.74 bits per heavy atom. The first-order chi connectivity index (χ1) is 19.0. The van der Waals surface area contributed by atoms with Gasteiger partial charge >= 0.3 is 0 Å². The zero-order chi connectivity index (χ0) is 26.8. The third-order valence-electron chi connectivity index (χ3n) is 8.24. The lowest BCUT2D eigenvalue weighted by Crippen LogP contribution is -2.42. The molecule has 1 aliphatic heterocycles. The summed E-state index contributed by atoms with van der Waals surface area (Å²) in [7, 11) is 4.33. The number of pyridine rings is 2. The van der Waals surface area contributed by atoms with Crippen molar-refractivity contribution in [1.82, 2.24) is 19.9 Å². The number of ether oxygens (including phenoxy) is 1. The van der Waals surface area contributed by atoms with Crippen molar-refractivity contribution in [3.63, 3.8) is 0 Å². The van der Waals surface area contributed by atoms with E-state index < -0.39 is 0 Å². The summed E-state index contributed by atoms with van der Waals surface area (Å²) < 4.78 is 7.38. The van der Waals surface area contributed by atoms with Gasteiger partial charge in [0.1, 0.15) is 17.3 Å². The molecule has 2 fully saturated rings. The SMILES string of the molecule is CN(C)C1CCN(c2cc(-c3cc(Oc4ccc5nc(C[C@@H]6CCCC[C@H]6O)sc5c4)ccn3)ccn2)CC1. The van der Waals surface area contributed by atoms with E-state index >= 15 is 0 Å². The number of hydrogen-bond acceptors (Lipinski definition) is 8. The predicted octanol–water partition coefficient (Wildman–Crippen LogP) is 6.17. The van der Waals surface area contributed by atoms with Crippen LogP contribution in [0.25, 0.3) is 21.5 Å². The summed E-state index contributed by atoms with van der Waals surface area (Å²) in [4.78, 5) is 18.8. The van der Waals surface area contributed by atoms with Gasteiger partial charge in [-0.2, -0.15) is 0 Å². The minimum Gasteiger partial charge on any atom is -0.457 e. The number of piperidine rings is 1. The summed E-state index contributed by atoms with van der Waals surface area (Å²) in [6.07, 6.45) is 11.0. The van der Waals surface area contributed by atoms with Crippen molar-refractivity contribution >= 4 is 27.4 Å². The Kier molecular flexibility index (Phi) is 7.77. The van der Waals surface area contributed by atoms with Crippen LogP contribution < -0.4 is 9.64 Å². The Balaban J connectivity index is 1.15. The van der Waals surface area contributed by atoms with Crippen molar-refractivity contribution in [2.24, 2.45) is 5.92 Å². The van der Waals surface area contributed by atoms with Crippen molar-refractivity contribution in [1.29, 1.82) is 0 Å². The molecule has 1 aromatic carbocycles. The molecule has 7 nitrogen and oxygen atoms in total. The van der Waals surface area contributed by atoms with Gasteiger partial charge in [-0.05, 0) is 76.0 Å². The van der Waals surface area contributed by atoms with Crippen molar-refractivity contribution in [2.75, 3.05) is 32.1 Å². The highest BCUT2D eigenvalue weighted by atomic mass is 32.1. The monoisotopic (exact) mass is 543 g/mol. The highest BCUT2D eigenvalue weighted by Gasteiger charge is 2.25. The second-order valence-electron chi connectivity index (χ2n) is 11.1. The molecule has 4 heterocycles. The van der Waals surface area contributed by atoms with E-state index in [-0.39, 0.29) is 6.10 Å². The van der Waals surface area contributed by atoms with Crippen LogP contribution in [0.2, 0.25) is 0 Å². The summed E-state index contributed by atoms with van der Waals surface area (Å²) in [5, 5.41) is 11.5. The van der Waals surface area contributed by atoms with Crippen LogP contribution in [0.3, 0.4) is 0 Å². The fourth-order valence-corrected chi connectivity index (χ4v) is 6.97. The number of rotatable bonds is 7. The van der Waals surface area contributed by atoms with Crippen LogP contribution in [0.1, 0.15) is 43.5 Å². The molecule has 0 unspecified atom stereocenters. The Bertz CT molecular complexity index is 1420. The van der Waals surface area contributed by atoms with Crippen molar-refractivity contribution in [2.45, 2.75) is 57.1 Å². The average Bonchev–Trinajstić information content (AvgIpc) is 3.36. The molecule has 2 aliphatic rings. The van der Waals surface area contributed by atoms with Gasteiger partial charge in [0.05, 0.1) is 27.0 Å². The van der Waals surface area contributed by atoms with E-state index in [2.05, 4.69) is 46.0 Å². The van der Waals surface area contributed by atoms with Crippen LogP contribution in [-0.4, -0.2) is 64.3 Å². The molecule has 6 rings (SSSR count). The molecule has 2 atom stereocenters. The van der Waals surface area contributed by atoms with E-state index in [1.54, 1.807) is 17.5 Å². The summed E-state index contributed by atoms with van der Waals surface area (Å²) in [6, 6.07) is 14.7. The number of aliphatic hydroxyl groups is 1. The Morgan fingerprint density at radius 1 is 0.949 bits per heavy atom. The number of nitrogens with zero attached hydrogens (tertiary/aromatic N) is 5. The van der Waals surface area contributed by atoms with Gasteiger partial charge in [0, 0.05) is 55.6 Å². The number of hydrogen-bond donors (Lipinski definition) is 1. The molecule has 1 saturated heterocycles. The molecule has 0 radical (unpaired) electrons. The number of benzene rings is 1. The minimum absolute atomic E-state index is 0.197. The van der Waals surface area contributed by atoms with Gasteiger partial charge in [-0.1, -0.05) is 12.8 Å². The number of aromatic nitrogens is 3. The lowest BCUT2D eigenvalue weighted by molar-refractivity contribution is 0.0700. The molecule has 1 N–H and O–H groups in total. The largest absolute Gasteiger partial charge is 0.457 e. The normalized spacial score (nSPS) is 20.6. The lowest BCUT2D eigenvalue weighted by Gasteiger charge is -2.35. The van der Waals surface area contributed by atoms with Crippen molar-refractivity contribution in [3.8, 4) is 22.8 Å².